The highest BCUT2D eigenvalue weighted by Crippen LogP contribution is 2.55. The lowest BCUT2D eigenvalue weighted by Crippen LogP contribution is -2.43. The second-order valence-corrected chi connectivity index (χ2v) is 7.25. The van der Waals surface area contributed by atoms with Crippen molar-refractivity contribution in [2.45, 2.75) is 39.7 Å². The van der Waals surface area contributed by atoms with Crippen molar-refractivity contribution in [2.24, 2.45) is 23.0 Å². The van der Waals surface area contributed by atoms with E-state index in [9.17, 15) is 0 Å². The number of nitrogens with one attached hydrogen (secondary N) is 1. The summed E-state index contributed by atoms with van der Waals surface area (Å²) < 4.78 is 0. The van der Waals surface area contributed by atoms with Gasteiger partial charge in [0.15, 0.2) is 0 Å². The van der Waals surface area contributed by atoms with Crippen molar-refractivity contribution in [2.75, 3.05) is 6.54 Å². The number of hydrogen-bond donors (Lipinski definition) is 2. The molecule has 118 valence electrons. The normalized spacial score (nSPS) is 37.5. The zero-order chi connectivity index (χ0) is 15.7. The molecule has 0 aromatic heterocycles. The summed E-state index contributed by atoms with van der Waals surface area (Å²) in [7, 11) is 0. The maximum absolute atomic E-state index is 5.84. The van der Waals surface area contributed by atoms with Crippen LogP contribution >= 0.6 is 0 Å². The lowest BCUT2D eigenvalue weighted by Gasteiger charge is -2.44. The van der Waals surface area contributed by atoms with Crippen LogP contribution in [0.1, 0.15) is 33.6 Å². The van der Waals surface area contributed by atoms with Gasteiger partial charge in [0.2, 0.25) is 0 Å². The van der Waals surface area contributed by atoms with Gasteiger partial charge in [0.1, 0.15) is 0 Å². The van der Waals surface area contributed by atoms with Gasteiger partial charge < -0.3 is 11.1 Å². The summed E-state index contributed by atoms with van der Waals surface area (Å²) in [5, 5.41) is 3.61. The molecule has 0 aromatic carbocycles. The molecule has 3 rings (SSSR count). The first kappa shape index (κ1) is 15.4. The van der Waals surface area contributed by atoms with Crippen molar-refractivity contribution in [3.63, 3.8) is 0 Å². The summed E-state index contributed by atoms with van der Waals surface area (Å²) in [6.45, 7) is 7.46. The van der Waals surface area contributed by atoms with Crippen LogP contribution in [0.4, 0.5) is 0 Å². The van der Waals surface area contributed by atoms with E-state index < -0.39 is 0 Å². The maximum atomic E-state index is 5.84. The standard InChI is InChI=1S/C20H28N2/c1-14(12-21)9-17-11-19-18(10-15(2)13-22-19)20(17,3)16-7-5-4-6-8-16/h4-7,9,11,13,16,18-19,22H,8,10,12,21H2,1-3H3/b14-9-/t16?,18?,19-,20?/m0/s1. The Morgan fingerprint density at radius 1 is 1.45 bits per heavy atom. The Hall–Kier alpha value is -1.54. The summed E-state index contributed by atoms with van der Waals surface area (Å²) >= 11 is 0. The molecule has 2 nitrogen and oxygen atoms in total. The molecule has 3 aliphatic rings. The van der Waals surface area contributed by atoms with Gasteiger partial charge in [-0.05, 0) is 50.3 Å². The molecule has 2 heteroatoms. The summed E-state index contributed by atoms with van der Waals surface area (Å²) in [6, 6.07) is 0.449. The molecule has 0 spiro atoms. The first-order chi connectivity index (χ1) is 10.6. The molecule has 0 aromatic rings. The summed E-state index contributed by atoms with van der Waals surface area (Å²) in [4.78, 5) is 0. The van der Waals surface area contributed by atoms with Gasteiger partial charge in [-0.1, -0.05) is 54.5 Å². The van der Waals surface area contributed by atoms with E-state index in [2.05, 4.69) is 68.7 Å². The zero-order valence-electron chi connectivity index (χ0n) is 14.0. The van der Waals surface area contributed by atoms with Crippen LogP contribution in [0.25, 0.3) is 0 Å². The molecule has 0 saturated heterocycles. The van der Waals surface area contributed by atoms with Gasteiger partial charge in [-0.25, -0.2) is 0 Å². The molecule has 1 aliphatic heterocycles. The monoisotopic (exact) mass is 296 g/mol. The molecule has 4 atom stereocenters. The average Bonchev–Trinajstić information content (AvgIpc) is 2.81. The van der Waals surface area contributed by atoms with Gasteiger partial charge in [0.25, 0.3) is 0 Å². The Balaban J connectivity index is 2.00. The molecule has 0 radical (unpaired) electrons. The zero-order valence-corrected chi connectivity index (χ0v) is 14.0. The largest absolute Gasteiger partial charge is 0.384 e. The highest BCUT2D eigenvalue weighted by Gasteiger charge is 2.50. The Labute approximate surface area is 134 Å². The molecule has 0 fully saturated rings. The van der Waals surface area contributed by atoms with E-state index in [1.807, 2.05) is 0 Å². The van der Waals surface area contributed by atoms with Crippen molar-refractivity contribution in [3.8, 4) is 0 Å². The van der Waals surface area contributed by atoms with Crippen molar-refractivity contribution in [3.05, 3.63) is 59.4 Å². The maximum Gasteiger partial charge on any atom is 0.0484 e. The van der Waals surface area contributed by atoms with E-state index in [1.165, 1.54) is 23.1 Å². The average molecular weight is 296 g/mol. The van der Waals surface area contributed by atoms with Crippen molar-refractivity contribution in [1.82, 2.24) is 5.32 Å². The number of fused-ring (bicyclic) bond motifs is 1. The van der Waals surface area contributed by atoms with Gasteiger partial charge in [-0.2, -0.15) is 0 Å². The molecular weight excluding hydrogens is 268 g/mol. The van der Waals surface area contributed by atoms with Crippen LogP contribution in [-0.2, 0) is 0 Å². The van der Waals surface area contributed by atoms with E-state index in [0.29, 0.717) is 24.4 Å². The molecule has 3 N–H and O–H groups in total. The second-order valence-electron chi connectivity index (χ2n) is 7.25. The van der Waals surface area contributed by atoms with E-state index in [0.717, 1.165) is 6.42 Å². The van der Waals surface area contributed by atoms with Gasteiger partial charge in [-0.3, -0.25) is 0 Å². The minimum absolute atomic E-state index is 0.172. The third-order valence-corrected chi connectivity index (χ3v) is 5.72. The lowest BCUT2D eigenvalue weighted by atomic mass is 9.62. The summed E-state index contributed by atoms with van der Waals surface area (Å²) in [5.74, 6) is 1.18. The second kappa shape index (κ2) is 5.92. The van der Waals surface area contributed by atoms with Crippen LogP contribution in [-0.4, -0.2) is 12.6 Å². The summed E-state index contributed by atoms with van der Waals surface area (Å²) in [5.41, 5.74) is 10.2. The molecule has 22 heavy (non-hydrogen) atoms. The van der Waals surface area contributed by atoms with Crippen molar-refractivity contribution < 1.29 is 0 Å². The van der Waals surface area contributed by atoms with Gasteiger partial charge >= 0.3 is 0 Å². The van der Waals surface area contributed by atoms with E-state index in [4.69, 9.17) is 5.73 Å². The van der Waals surface area contributed by atoms with Crippen molar-refractivity contribution in [1.29, 1.82) is 0 Å². The predicted molar refractivity (Wildman–Crippen MR) is 94.2 cm³/mol. The molecule has 2 aliphatic carbocycles. The minimum Gasteiger partial charge on any atom is -0.384 e. The van der Waals surface area contributed by atoms with Crippen molar-refractivity contribution >= 4 is 0 Å². The van der Waals surface area contributed by atoms with Crippen LogP contribution in [0.3, 0.4) is 0 Å². The molecule has 0 bridgehead atoms. The summed E-state index contributed by atoms with van der Waals surface area (Å²) in [6.07, 6.45) is 18.4. The molecule has 0 saturated carbocycles. The van der Waals surface area contributed by atoms with Crippen LogP contribution in [0.2, 0.25) is 0 Å². The predicted octanol–water partition coefficient (Wildman–Crippen LogP) is 3.85. The van der Waals surface area contributed by atoms with Crippen LogP contribution in [0.5, 0.6) is 0 Å². The topological polar surface area (TPSA) is 38.0 Å². The van der Waals surface area contributed by atoms with E-state index in [-0.39, 0.29) is 5.41 Å². The molecule has 0 amide bonds. The van der Waals surface area contributed by atoms with E-state index >= 15 is 0 Å². The fraction of sp³-hybridized carbons (Fsp3) is 0.500. The Bertz CT molecular complexity index is 591. The fourth-order valence-electron chi connectivity index (χ4n) is 4.27. The third kappa shape index (κ3) is 2.50. The SMILES string of the molecule is CC1=CN[C@H]2C=C(/C=C(/C)CN)C(C)(C3C=CC=CC3)C2C1. The number of rotatable bonds is 3. The third-order valence-electron chi connectivity index (χ3n) is 5.72. The Morgan fingerprint density at radius 2 is 2.27 bits per heavy atom. The van der Waals surface area contributed by atoms with Gasteiger partial charge in [0, 0.05) is 18.0 Å². The first-order valence-corrected chi connectivity index (χ1v) is 8.40. The fourth-order valence-corrected chi connectivity index (χ4v) is 4.27. The van der Waals surface area contributed by atoms with Crippen LogP contribution < -0.4 is 11.1 Å². The highest BCUT2D eigenvalue weighted by atomic mass is 14.9. The first-order valence-electron chi connectivity index (χ1n) is 8.40. The van der Waals surface area contributed by atoms with E-state index in [1.54, 1.807) is 0 Å². The van der Waals surface area contributed by atoms with Gasteiger partial charge in [-0.15, -0.1) is 0 Å². The molecule has 3 unspecified atom stereocenters. The smallest absolute Gasteiger partial charge is 0.0484 e. The quantitative estimate of drug-likeness (QED) is 0.830. The Kier molecular flexibility index (Phi) is 4.14. The molecule has 1 heterocycles. The lowest BCUT2D eigenvalue weighted by molar-refractivity contribution is 0.165. The number of hydrogen-bond acceptors (Lipinski definition) is 2. The Morgan fingerprint density at radius 3 is 2.95 bits per heavy atom. The molecular formula is C20H28N2. The number of allylic oxidation sites excluding steroid dienone is 7. The van der Waals surface area contributed by atoms with Gasteiger partial charge in [0.05, 0.1) is 0 Å². The number of nitrogens with two attached hydrogens (primary N) is 1. The van der Waals surface area contributed by atoms with Crippen LogP contribution in [0.15, 0.2) is 59.4 Å². The minimum atomic E-state index is 0.172. The highest BCUT2D eigenvalue weighted by molar-refractivity contribution is 5.42. The van der Waals surface area contributed by atoms with Crippen LogP contribution in [0, 0.1) is 17.3 Å².